The molecule has 0 radical (unpaired) electrons. The molecule has 19 heavy (non-hydrogen) atoms. The van der Waals surface area contributed by atoms with Gasteiger partial charge in [0, 0.05) is 18.0 Å². The minimum Gasteiger partial charge on any atom is -0.480 e. The van der Waals surface area contributed by atoms with Gasteiger partial charge in [-0.05, 0) is 24.8 Å². The molecule has 0 unspecified atom stereocenters. The molecule has 2 aromatic rings. The monoisotopic (exact) mass is 279 g/mol. The van der Waals surface area contributed by atoms with Gasteiger partial charge in [-0.25, -0.2) is 0 Å². The smallest absolute Gasteiger partial charge is 0.257 e. The summed E-state index contributed by atoms with van der Waals surface area (Å²) in [4.78, 5) is 12.8. The molecular weight excluding hydrogens is 262 g/mol. The molecule has 0 fully saturated rings. The van der Waals surface area contributed by atoms with Crippen LogP contribution in [0, 0.1) is 0 Å². The number of amides is 1. The van der Waals surface area contributed by atoms with Crippen LogP contribution in [0.4, 0.5) is 0 Å². The zero-order valence-corrected chi connectivity index (χ0v) is 11.7. The Labute approximate surface area is 116 Å². The number of rotatable bonds is 7. The first-order valence-corrected chi connectivity index (χ1v) is 7.10. The van der Waals surface area contributed by atoms with Gasteiger partial charge >= 0.3 is 0 Å². The molecule has 0 spiro atoms. The van der Waals surface area contributed by atoms with Crippen LogP contribution in [0.3, 0.4) is 0 Å². The number of carbonyl (C=O) groups excluding carboxylic acids is 1. The molecule has 1 N–H and O–H groups in total. The molecule has 0 aliphatic rings. The number of thiophene rings is 1. The Hall–Kier alpha value is -1.82. The van der Waals surface area contributed by atoms with Gasteiger partial charge in [-0.3, -0.25) is 9.48 Å². The van der Waals surface area contributed by atoms with Gasteiger partial charge in [0.25, 0.3) is 5.91 Å². The van der Waals surface area contributed by atoms with Crippen molar-refractivity contribution >= 4 is 17.2 Å². The second-order valence-electron chi connectivity index (χ2n) is 4.00. The number of aromatic nitrogens is 2. The van der Waals surface area contributed by atoms with Crippen LogP contribution in [-0.4, -0.2) is 28.8 Å². The maximum atomic E-state index is 11.6. The number of nitrogens with one attached hydrogen (secondary N) is 1. The van der Waals surface area contributed by atoms with E-state index in [-0.39, 0.29) is 12.5 Å². The summed E-state index contributed by atoms with van der Waals surface area (Å²) in [5.74, 6) is 0.510. The van der Waals surface area contributed by atoms with E-state index in [1.165, 1.54) is 4.88 Å². The number of aryl methyl sites for hydroxylation is 1. The largest absolute Gasteiger partial charge is 0.480 e. The van der Waals surface area contributed by atoms with Crippen molar-refractivity contribution in [3.63, 3.8) is 0 Å². The minimum atomic E-state index is -0.110. The predicted octanol–water partition coefficient (Wildman–Crippen LogP) is 1.70. The zero-order chi connectivity index (χ0) is 13.5. The Bertz CT molecular complexity index is 508. The molecule has 2 aromatic heterocycles. The highest BCUT2D eigenvalue weighted by Crippen LogP contribution is 2.08. The average molecular weight is 279 g/mol. The highest BCUT2D eigenvalue weighted by atomic mass is 32.1. The standard InChI is InChI=1S/C13H17N3O2S/c1-2-16-9-11(8-15-16)18-10-13(17)14-6-5-12-4-3-7-19-12/h3-4,7-9H,2,5-6,10H2,1H3,(H,14,17). The number of hydrogen-bond acceptors (Lipinski definition) is 4. The lowest BCUT2D eigenvalue weighted by molar-refractivity contribution is -0.123. The minimum absolute atomic E-state index is 0.0276. The summed E-state index contributed by atoms with van der Waals surface area (Å²) in [6, 6.07) is 4.07. The van der Waals surface area contributed by atoms with Gasteiger partial charge in [0.2, 0.25) is 0 Å². The summed E-state index contributed by atoms with van der Waals surface area (Å²) in [6.45, 7) is 3.45. The Kier molecular flexibility index (Phi) is 4.97. The zero-order valence-electron chi connectivity index (χ0n) is 10.8. The summed E-state index contributed by atoms with van der Waals surface area (Å²) in [5.41, 5.74) is 0. The first-order chi connectivity index (χ1) is 9.28. The fraction of sp³-hybridized carbons (Fsp3) is 0.385. The van der Waals surface area contributed by atoms with E-state index in [9.17, 15) is 4.79 Å². The molecule has 2 rings (SSSR count). The predicted molar refractivity (Wildman–Crippen MR) is 74.4 cm³/mol. The Balaban J connectivity index is 1.64. The third kappa shape index (κ3) is 4.40. The van der Waals surface area contributed by atoms with Crippen molar-refractivity contribution in [1.29, 1.82) is 0 Å². The van der Waals surface area contributed by atoms with Crippen molar-refractivity contribution in [1.82, 2.24) is 15.1 Å². The molecular formula is C13H17N3O2S. The van der Waals surface area contributed by atoms with Crippen molar-refractivity contribution in [3.8, 4) is 5.75 Å². The quantitative estimate of drug-likeness (QED) is 0.839. The number of carbonyl (C=O) groups is 1. The molecule has 0 aliphatic carbocycles. The van der Waals surface area contributed by atoms with Gasteiger partial charge < -0.3 is 10.1 Å². The maximum Gasteiger partial charge on any atom is 0.257 e. The van der Waals surface area contributed by atoms with Crippen LogP contribution in [0.25, 0.3) is 0 Å². The van der Waals surface area contributed by atoms with Gasteiger partial charge in [0.1, 0.15) is 0 Å². The molecule has 0 aliphatic heterocycles. The SMILES string of the molecule is CCn1cc(OCC(=O)NCCc2cccs2)cn1. The Morgan fingerprint density at radius 2 is 2.47 bits per heavy atom. The van der Waals surface area contributed by atoms with Crippen LogP contribution in [0.5, 0.6) is 5.75 Å². The van der Waals surface area contributed by atoms with Crippen LogP contribution in [-0.2, 0) is 17.8 Å². The first-order valence-electron chi connectivity index (χ1n) is 6.22. The van der Waals surface area contributed by atoms with E-state index in [0.717, 1.165) is 13.0 Å². The fourth-order valence-corrected chi connectivity index (χ4v) is 2.28. The lowest BCUT2D eigenvalue weighted by Gasteiger charge is -2.05. The highest BCUT2D eigenvalue weighted by Gasteiger charge is 2.04. The van der Waals surface area contributed by atoms with Crippen LogP contribution < -0.4 is 10.1 Å². The molecule has 0 atom stereocenters. The number of nitrogens with zero attached hydrogens (tertiary/aromatic N) is 2. The molecule has 0 aromatic carbocycles. The van der Waals surface area contributed by atoms with Gasteiger partial charge in [-0.2, -0.15) is 5.10 Å². The summed E-state index contributed by atoms with van der Waals surface area (Å²) < 4.78 is 7.10. The van der Waals surface area contributed by atoms with E-state index >= 15 is 0 Å². The molecule has 5 nitrogen and oxygen atoms in total. The lowest BCUT2D eigenvalue weighted by atomic mass is 10.3. The topological polar surface area (TPSA) is 56.1 Å². The van der Waals surface area contributed by atoms with Crippen LogP contribution in [0.1, 0.15) is 11.8 Å². The second-order valence-corrected chi connectivity index (χ2v) is 5.03. The van der Waals surface area contributed by atoms with Crippen molar-refractivity contribution in [2.75, 3.05) is 13.2 Å². The van der Waals surface area contributed by atoms with Crippen molar-refractivity contribution in [2.24, 2.45) is 0 Å². The Morgan fingerprint density at radius 3 is 3.16 bits per heavy atom. The Morgan fingerprint density at radius 1 is 1.58 bits per heavy atom. The molecule has 102 valence electrons. The van der Waals surface area contributed by atoms with Gasteiger partial charge in [-0.15, -0.1) is 11.3 Å². The molecule has 0 saturated heterocycles. The summed E-state index contributed by atoms with van der Waals surface area (Å²) >= 11 is 1.70. The first kappa shape index (κ1) is 13.6. The average Bonchev–Trinajstić information content (AvgIpc) is 3.07. The van der Waals surface area contributed by atoms with Crippen molar-refractivity contribution in [2.45, 2.75) is 19.9 Å². The molecule has 2 heterocycles. The van der Waals surface area contributed by atoms with Crippen LogP contribution >= 0.6 is 11.3 Å². The third-order valence-corrected chi connectivity index (χ3v) is 3.51. The normalized spacial score (nSPS) is 10.4. The van der Waals surface area contributed by atoms with E-state index < -0.39 is 0 Å². The van der Waals surface area contributed by atoms with Gasteiger partial charge in [0.15, 0.2) is 12.4 Å². The van der Waals surface area contributed by atoms with E-state index in [2.05, 4.69) is 16.5 Å². The van der Waals surface area contributed by atoms with Gasteiger partial charge in [0.05, 0.1) is 12.4 Å². The molecule has 1 amide bonds. The van der Waals surface area contributed by atoms with Gasteiger partial charge in [-0.1, -0.05) is 6.07 Å². The third-order valence-electron chi connectivity index (χ3n) is 2.58. The molecule has 0 bridgehead atoms. The van der Waals surface area contributed by atoms with E-state index in [1.807, 2.05) is 18.4 Å². The highest BCUT2D eigenvalue weighted by molar-refractivity contribution is 7.09. The van der Waals surface area contributed by atoms with Crippen molar-refractivity contribution < 1.29 is 9.53 Å². The maximum absolute atomic E-state index is 11.6. The van der Waals surface area contributed by atoms with Crippen LogP contribution in [0.2, 0.25) is 0 Å². The summed E-state index contributed by atoms with van der Waals surface area (Å²) in [7, 11) is 0. The molecule has 6 heteroatoms. The van der Waals surface area contributed by atoms with E-state index in [0.29, 0.717) is 12.3 Å². The van der Waals surface area contributed by atoms with E-state index in [4.69, 9.17) is 4.74 Å². The summed E-state index contributed by atoms with van der Waals surface area (Å²) in [6.07, 6.45) is 4.25. The molecule has 0 saturated carbocycles. The number of hydrogen-bond donors (Lipinski definition) is 1. The number of ether oxygens (including phenoxy) is 1. The lowest BCUT2D eigenvalue weighted by Crippen LogP contribution is -2.30. The fourth-order valence-electron chi connectivity index (χ4n) is 1.57. The van der Waals surface area contributed by atoms with Crippen molar-refractivity contribution in [3.05, 3.63) is 34.8 Å². The van der Waals surface area contributed by atoms with Crippen LogP contribution in [0.15, 0.2) is 29.9 Å². The summed E-state index contributed by atoms with van der Waals surface area (Å²) in [5, 5.41) is 8.93. The van der Waals surface area contributed by atoms with E-state index in [1.54, 1.807) is 28.4 Å². The second kappa shape index (κ2) is 6.94.